The quantitative estimate of drug-likeness (QED) is 0.859. The molecule has 6 heteroatoms. The van der Waals surface area contributed by atoms with Crippen molar-refractivity contribution in [1.82, 2.24) is 14.3 Å². The lowest BCUT2D eigenvalue weighted by Crippen LogP contribution is -2.43. The number of carbonyl (C=O) groups excluding carboxylic acids is 1. The molecule has 3 heterocycles. The Balaban J connectivity index is 1.41. The van der Waals surface area contributed by atoms with Gasteiger partial charge in [0.1, 0.15) is 5.82 Å². The van der Waals surface area contributed by atoms with Crippen LogP contribution in [0.3, 0.4) is 0 Å². The van der Waals surface area contributed by atoms with Crippen LogP contribution in [0.4, 0.5) is 0 Å². The first-order valence-corrected chi connectivity index (χ1v) is 11.0. The number of rotatable bonds is 5. The highest BCUT2D eigenvalue weighted by Crippen LogP contribution is 2.54. The third-order valence-corrected chi connectivity index (χ3v) is 8.39. The van der Waals surface area contributed by atoms with Crippen molar-refractivity contribution in [1.29, 1.82) is 0 Å². The van der Waals surface area contributed by atoms with E-state index in [9.17, 15) is 4.79 Å². The largest absolute Gasteiger partial charge is 0.369 e. The minimum atomic E-state index is -0.168. The second kappa shape index (κ2) is 6.24. The molecular weight excluding hydrogens is 356 g/mol. The number of thioether (sulfide) groups is 1. The van der Waals surface area contributed by atoms with Crippen LogP contribution in [0.25, 0.3) is 5.52 Å². The number of pyridine rings is 1. The number of hydrogen-bond acceptors (Lipinski definition) is 4. The Morgan fingerprint density at radius 2 is 1.96 bits per heavy atom. The van der Waals surface area contributed by atoms with Crippen LogP contribution in [0, 0.1) is 17.8 Å². The lowest BCUT2D eigenvalue weighted by molar-refractivity contribution is -0.120. The molecule has 0 bridgehead atoms. The zero-order valence-electron chi connectivity index (χ0n) is 16.1. The van der Waals surface area contributed by atoms with Crippen LogP contribution in [-0.2, 0) is 10.3 Å². The Bertz CT molecular complexity index is 873. The lowest BCUT2D eigenvalue weighted by atomic mass is 10.0. The van der Waals surface area contributed by atoms with E-state index in [4.69, 9.17) is 10.7 Å². The standard InChI is InChI=1S/C21H28N4OS/c1-21(2,24-11-14-15(12-24)18(14)19(22)26)20-23-10-16-17(8-5-9-25(16)20)27-13-6-3-4-7-13/h5,8-10,13-15,18H,3-4,6-7,11-12H2,1-2H3,(H2,22,26)/t14-,15-/m1/s1. The summed E-state index contributed by atoms with van der Waals surface area (Å²) in [7, 11) is 0. The Labute approximate surface area is 164 Å². The summed E-state index contributed by atoms with van der Waals surface area (Å²) in [5.41, 5.74) is 6.57. The molecule has 0 spiro atoms. The summed E-state index contributed by atoms with van der Waals surface area (Å²) >= 11 is 2.02. The van der Waals surface area contributed by atoms with Gasteiger partial charge in [-0.05, 0) is 50.7 Å². The van der Waals surface area contributed by atoms with Crippen LogP contribution in [0.15, 0.2) is 29.4 Å². The SMILES string of the molecule is CC(C)(c1ncc2c(SC3CCCC3)cccn12)N1C[C@H]2C(C(N)=O)[C@@H]2C1. The van der Waals surface area contributed by atoms with Gasteiger partial charge in [-0.1, -0.05) is 12.8 Å². The summed E-state index contributed by atoms with van der Waals surface area (Å²) in [6.45, 7) is 6.39. The molecule has 3 aliphatic rings. The molecule has 0 radical (unpaired) electrons. The van der Waals surface area contributed by atoms with Crippen LogP contribution >= 0.6 is 11.8 Å². The highest BCUT2D eigenvalue weighted by molar-refractivity contribution is 8.00. The van der Waals surface area contributed by atoms with Crippen molar-refractivity contribution in [2.75, 3.05) is 13.1 Å². The molecule has 0 unspecified atom stereocenters. The fraction of sp³-hybridized carbons (Fsp3) is 0.619. The average molecular weight is 385 g/mol. The second-order valence-electron chi connectivity index (χ2n) is 8.95. The van der Waals surface area contributed by atoms with Gasteiger partial charge in [-0.3, -0.25) is 9.69 Å². The number of piperidine rings is 1. The van der Waals surface area contributed by atoms with Crippen molar-refractivity contribution in [3.8, 4) is 0 Å². The molecule has 2 aromatic rings. The van der Waals surface area contributed by atoms with E-state index < -0.39 is 0 Å². The van der Waals surface area contributed by atoms with E-state index in [1.54, 1.807) is 0 Å². The fourth-order valence-corrected chi connectivity index (χ4v) is 6.64. The van der Waals surface area contributed by atoms with Gasteiger partial charge in [-0.2, -0.15) is 0 Å². The highest BCUT2D eigenvalue weighted by atomic mass is 32.2. The first-order valence-electron chi connectivity index (χ1n) is 10.1. The monoisotopic (exact) mass is 384 g/mol. The van der Waals surface area contributed by atoms with Crippen molar-refractivity contribution in [3.63, 3.8) is 0 Å². The van der Waals surface area contributed by atoms with Gasteiger partial charge in [0.25, 0.3) is 0 Å². The van der Waals surface area contributed by atoms with Gasteiger partial charge in [0, 0.05) is 35.3 Å². The molecule has 0 aromatic carbocycles. The Hall–Kier alpha value is -1.53. The van der Waals surface area contributed by atoms with Crippen LogP contribution < -0.4 is 5.73 Å². The molecule has 2 saturated carbocycles. The molecule has 5 nitrogen and oxygen atoms in total. The molecule has 1 aliphatic heterocycles. The van der Waals surface area contributed by atoms with Gasteiger partial charge in [-0.15, -0.1) is 11.8 Å². The van der Waals surface area contributed by atoms with Gasteiger partial charge >= 0.3 is 0 Å². The van der Waals surface area contributed by atoms with E-state index in [1.165, 1.54) is 36.1 Å². The Kier molecular flexibility index (Phi) is 4.06. The minimum absolute atomic E-state index is 0.100. The highest BCUT2D eigenvalue weighted by Gasteiger charge is 2.60. The number of primary amides is 1. The molecule has 1 amide bonds. The molecule has 2 aliphatic carbocycles. The zero-order chi connectivity index (χ0) is 18.8. The maximum atomic E-state index is 11.5. The van der Waals surface area contributed by atoms with Gasteiger partial charge in [0.05, 0.1) is 17.3 Å². The molecule has 2 aromatic heterocycles. The first kappa shape index (κ1) is 17.6. The number of fused-ring (bicyclic) bond motifs is 2. The van der Waals surface area contributed by atoms with Crippen LogP contribution in [-0.4, -0.2) is 38.5 Å². The zero-order valence-corrected chi connectivity index (χ0v) is 16.9. The van der Waals surface area contributed by atoms with Crippen molar-refractivity contribution >= 4 is 23.2 Å². The Morgan fingerprint density at radius 3 is 2.63 bits per heavy atom. The molecule has 2 N–H and O–H groups in total. The van der Waals surface area contributed by atoms with Gasteiger partial charge in [-0.25, -0.2) is 4.98 Å². The number of aromatic nitrogens is 2. The summed E-state index contributed by atoms with van der Waals surface area (Å²) in [6, 6.07) is 4.38. The predicted molar refractivity (Wildman–Crippen MR) is 108 cm³/mol. The van der Waals surface area contributed by atoms with E-state index in [1.807, 2.05) is 18.0 Å². The minimum Gasteiger partial charge on any atom is -0.369 e. The number of nitrogens with zero attached hydrogens (tertiary/aromatic N) is 3. The van der Waals surface area contributed by atoms with Gasteiger partial charge in [0.2, 0.25) is 5.91 Å². The number of hydrogen-bond donors (Lipinski definition) is 1. The third-order valence-electron chi connectivity index (χ3n) is 6.99. The molecule has 5 rings (SSSR count). The normalized spacial score (nSPS) is 28.7. The third kappa shape index (κ3) is 2.80. The smallest absolute Gasteiger partial charge is 0.221 e. The summed E-state index contributed by atoms with van der Waals surface area (Å²) < 4.78 is 2.27. The van der Waals surface area contributed by atoms with Gasteiger partial charge in [0.15, 0.2) is 0 Å². The lowest BCUT2D eigenvalue weighted by Gasteiger charge is -2.36. The maximum Gasteiger partial charge on any atom is 0.221 e. The van der Waals surface area contributed by atoms with Crippen LogP contribution in [0.5, 0.6) is 0 Å². The number of nitrogens with two attached hydrogens (primary N) is 1. The van der Waals surface area contributed by atoms with Crippen molar-refractivity contribution < 1.29 is 4.79 Å². The van der Waals surface area contributed by atoms with Gasteiger partial charge < -0.3 is 10.1 Å². The van der Waals surface area contributed by atoms with E-state index >= 15 is 0 Å². The molecule has 27 heavy (non-hydrogen) atoms. The maximum absolute atomic E-state index is 11.5. The summed E-state index contributed by atoms with van der Waals surface area (Å²) in [5, 5.41) is 0.749. The number of imidazole rings is 1. The van der Waals surface area contributed by atoms with E-state index in [2.05, 4.69) is 41.5 Å². The van der Waals surface area contributed by atoms with E-state index in [-0.39, 0.29) is 17.4 Å². The fourth-order valence-electron chi connectivity index (χ4n) is 5.28. The van der Waals surface area contributed by atoms with E-state index in [0.29, 0.717) is 11.8 Å². The first-order chi connectivity index (χ1) is 13.0. The topological polar surface area (TPSA) is 63.6 Å². The molecule has 2 atom stereocenters. The Morgan fingerprint density at radius 1 is 1.26 bits per heavy atom. The number of likely N-dealkylation sites (tertiary alicyclic amines) is 1. The van der Waals surface area contributed by atoms with Crippen LogP contribution in [0.1, 0.15) is 45.4 Å². The van der Waals surface area contributed by atoms with E-state index in [0.717, 1.165) is 24.2 Å². The molecule has 3 fully saturated rings. The van der Waals surface area contributed by atoms with Crippen LogP contribution in [0.2, 0.25) is 0 Å². The van der Waals surface area contributed by atoms with Crippen molar-refractivity contribution in [2.45, 2.75) is 55.2 Å². The molecule has 1 saturated heterocycles. The summed E-state index contributed by atoms with van der Waals surface area (Å²) in [5.74, 6) is 1.96. The predicted octanol–water partition coefficient (Wildman–Crippen LogP) is 3.27. The number of carbonyl (C=O) groups is 1. The van der Waals surface area contributed by atoms with Crippen molar-refractivity contribution in [2.24, 2.45) is 23.5 Å². The number of amides is 1. The molecular formula is C21H28N4OS. The second-order valence-corrected chi connectivity index (χ2v) is 10.3. The summed E-state index contributed by atoms with van der Waals surface area (Å²) in [4.78, 5) is 20.2. The summed E-state index contributed by atoms with van der Waals surface area (Å²) in [6.07, 6.45) is 9.56. The average Bonchev–Trinajstić information content (AvgIpc) is 3.11. The van der Waals surface area contributed by atoms with Crippen molar-refractivity contribution in [3.05, 3.63) is 30.4 Å². The molecule has 144 valence electrons.